The normalized spacial score (nSPS) is 11.7. The van der Waals surface area contributed by atoms with Crippen LogP contribution in [0.25, 0.3) is 11.1 Å². The molecule has 1 aliphatic rings. The molecule has 0 fully saturated rings. The predicted octanol–water partition coefficient (Wildman–Crippen LogP) is 5.47. The Bertz CT molecular complexity index is 1680. The van der Waals surface area contributed by atoms with E-state index in [0.717, 1.165) is 6.42 Å². The first-order chi connectivity index (χ1) is 21.1. The van der Waals surface area contributed by atoms with Crippen LogP contribution in [-0.2, 0) is 46.9 Å². The molecule has 0 nitrogen and oxygen atoms in total. The van der Waals surface area contributed by atoms with Crippen LogP contribution in [0.5, 0.6) is 0 Å². The van der Waals surface area contributed by atoms with Gasteiger partial charge in [0, 0.05) is 0 Å². The van der Waals surface area contributed by atoms with E-state index in [1.165, 1.54) is 83.1 Å². The van der Waals surface area contributed by atoms with E-state index in [2.05, 4.69) is 184 Å². The zero-order valence-electron chi connectivity index (χ0n) is 29.9. The molecule has 47 heavy (non-hydrogen) atoms. The molecule has 1 aliphatic carbocycles. The van der Waals surface area contributed by atoms with Gasteiger partial charge in [0.1, 0.15) is 0 Å². The van der Waals surface area contributed by atoms with Gasteiger partial charge in [0.2, 0.25) is 0 Å². The maximum atomic E-state index is 3.47. The fraction of sp³-hybridized carbons (Fsp3) is 0.318. The third kappa shape index (κ3) is 10.8. The molecule has 0 aromatic heterocycles. The SMILES string of the molecule is CC(C)(C)c1ccc2c(c1)-c1c([c-]ccc1C(C)(C)C)C2.Cc1cc(C(C)(C)C)c[cH-]1.[Cl-].[Cl-].[Zr+2]=[C](c1ccccc1)c1ccccc1. The molecule has 246 valence electrons. The van der Waals surface area contributed by atoms with Crippen LogP contribution in [0, 0.1) is 13.0 Å². The Hall–Kier alpha value is -2.44. The maximum absolute atomic E-state index is 3.47. The average Bonchev–Trinajstić information content (AvgIpc) is 3.61. The molecule has 0 unspecified atom stereocenters. The Kier molecular flexibility index (Phi) is 14.6. The topological polar surface area (TPSA) is 0 Å². The Morgan fingerprint density at radius 2 is 1.19 bits per heavy atom. The average molecular weight is 741 g/mol. The molecule has 5 aromatic carbocycles. The number of hydrogen-bond donors (Lipinski definition) is 0. The van der Waals surface area contributed by atoms with Crippen molar-refractivity contribution in [2.75, 3.05) is 0 Å². The quantitative estimate of drug-likeness (QED) is 0.207. The van der Waals surface area contributed by atoms with Gasteiger partial charge in [0.25, 0.3) is 0 Å². The molecular weight excluding hydrogens is 691 g/mol. The number of benzene rings is 4. The van der Waals surface area contributed by atoms with E-state index in [9.17, 15) is 0 Å². The third-order valence-corrected chi connectivity index (χ3v) is 9.82. The van der Waals surface area contributed by atoms with E-state index >= 15 is 0 Å². The van der Waals surface area contributed by atoms with Gasteiger partial charge in [-0.15, -0.1) is 16.7 Å². The summed E-state index contributed by atoms with van der Waals surface area (Å²) in [5.41, 5.74) is 14.7. The van der Waals surface area contributed by atoms with E-state index in [1.807, 2.05) is 0 Å². The molecule has 3 heteroatoms. The molecule has 0 bridgehead atoms. The molecular formula is C44H50Cl2Zr-2. The minimum absolute atomic E-state index is 0. The molecule has 0 heterocycles. The van der Waals surface area contributed by atoms with Crippen LogP contribution < -0.4 is 24.8 Å². The van der Waals surface area contributed by atoms with Crippen LogP contribution in [0.3, 0.4) is 0 Å². The van der Waals surface area contributed by atoms with Gasteiger partial charge in [-0.1, -0.05) is 104 Å². The predicted molar refractivity (Wildman–Crippen MR) is 192 cm³/mol. The summed E-state index contributed by atoms with van der Waals surface area (Å²) in [6, 6.07) is 42.5. The molecule has 5 aromatic rings. The Balaban J connectivity index is 0.000000258. The minimum atomic E-state index is 0. The van der Waals surface area contributed by atoms with Gasteiger partial charge in [0.15, 0.2) is 0 Å². The Labute approximate surface area is 313 Å². The van der Waals surface area contributed by atoms with E-state index < -0.39 is 0 Å². The Morgan fingerprint density at radius 1 is 0.660 bits per heavy atom. The van der Waals surface area contributed by atoms with E-state index in [-0.39, 0.29) is 35.6 Å². The second-order valence-corrected chi connectivity index (χ2v) is 16.6. The summed E-state index contributed by atoms with van der Waals surface area (Å²) in [6.45, 7) is 22.6. The summed E-state index contributed by atoms with van der Waals surface area (Å²) in [7, 11) is 0. The van der Waals surface area contributed by atoms with Crippen molar-refractivity contribution >= 4 is 3.21 Å². The summed E-state index contributed by atoms with van der Waals surface area (Å²) in [4.78, 5) is 0. The monoisotopic (exact) mass is 738 g/mol. The molecule has 0 saturated heterocycles. The standard InChI is InChI=1S/C21H25.C13H10.C10H15.2ClH.Zr/c1-20(2,3)16-11-10-14-12-15-8-7-9-18(21(4,5)6)19(15)17(14)13-16;1-3-7-12(8-4-1)11-13-9-5-2-6-10-13;1-8-5-6-9(7-8)10(2,3)4;;;/h7,9-11,13H,12H2,1-6H3;1-10H;5-7H,1-4H3;2*1H;/q-1;;-1;;;+2/p-2. The first-order valence-electron chi connectivity index (χ1n) is 16.2. The van der Waals surface area contributed by atoms with Crippen molar-refractivity contribution in [2.24, 2.45) is 0 Å². The molecule has 0 amide bonds. The van der Waals surface area contributed by atoms with Crippen molar-refractivity contribution in [3.63, 3.8) is 0 Å². The van der Waals surface area contributed by atoms with Crippen molar-refractivity contribution in [1.82, 2.24) is 0 Å². The van der Waals surface area contributed by atoms with Gasteiger partial charge < -0.3 is 24.8 Å². The molecule has 0 atom stereocenters. The summed E-state index contributed by atoms with van der Waals surface area (Å²) < 4.78 is 1.42. The summed E-state index contributed by atoms with van der Waals surface area (Å²) in [5, 5.41) is 0. The van der Waals surface area contributed by atoms with Crippen molar-refractivity contribution in [2.45, 2.75) is 91.9 Å². The van der Waals surface area contributed by atoms with Crippen LogP contribution in [-0.4, -0.2) is 3.21 Å². The van der Waals surface area contributed by atoms with Crippen LogP contribution in [0.15, 0.2) is 109 Å². The van der Waals surface area contributed by atoms with Crippen molar-refractivity contribution in [1.29, 1.82) is 0 Å². The van der Waals surface area contributed by atoms with Crippen LogP contribution >= 0.6 is 0 Å². The zero-order chi connectivity index (χ0) is 33.0. The van der Waals surface area contributed by atoms with Crippen LogP contribution in [0.2, 0.25) is 0 Å². The summed E-state index contributed by atoms with van der Waals surface area (Å²) in [6.07, 6.45) is 1.03. The van der Waals surface area contributed by atoms with Gasteiger partial charge in [0.05, 0.1) is 0 Å². The fourth-order valence-electron chi connectivity index (χ4n) is 5.64. The fourth-order valence-corrected chi connectivity index (χ4v) is 6.46. The summed E-state index contributed by atoms with van der Waals surface area (Å²) >= 11 is 1.46. The second-order valence-electron chi connectivity index (χ2n) is 15.3. The van der Waals surface area contributed by atoms with Crippen molar-refractivity contribution < 1.29 is 49.0 Å². The van der Waals surface area contributed by atoms with Gasteiger partial charge >= 0.3 is 99.2 Å². The first-order valence-corrected chi connectivity index (χ1v) is 17.4. The van der Waals surface area contributed by atoms with Crippen molar-refractivity contribution in [3.05, 3.63) is 160 Å². The summed E-state index contributed by atoms with van der Waals surface area (Å²) in [5.74, 6) is 0. The van der Waals surface area contributed by atoms with Gasteiger partial charge in [-0.2, -0.15) is 41.5 Å². The van der Waals surface area contributed by atoms with Crippen molar-refractivity contribution in [3.8, 4) is 11.1 Å². The molecule has 0 radical (unpaired) electrons. The molecule has 0 spiro atoms. The number of rotatable bonds is 2. The van der Waals surface area contributed by atoms with Gasteiger partial charge in [-0.05, 0) is 22.8 Å². The van der Waals surface area contributed by atoms with E-state index in [1.54, 1.807) is 0 Å². The molecule has 0 N–H and O–H groups in total. The van der Waals surface area contributed by atoms with E-state index in [4.69, 9.17) is 0 Å². The molecule has 6 rings (SSSR count). The number of aryl methyl sites for hydroxylation is 1. The van der Waals surface area contributed by atoms with E-state index in [0.29, 0.717) is 5.41 Å². The third-order valence-electron chi connectivity index (χ3n) is 8.40. The zero-order valence-corrected chi connectivity index (χ0v) is 33.8. The Morgan fingerprint density at radius 3 is 1.62 bits per heavy atom. The number of fused-ring (bicyclic) bond motifs is 3. The number of halogens is 2. The second kappa shape index (κ2) is 16.8. The van der Waals surface area contributed by atoms with Crippen LogP contribution in [0.1, 0.15) is 107 Å². The first kappa shape index (κ1) is 40.7. The van der Waals surface area contributed by atoms with Gasteiger partial charge in [-0.25, -0.2) is 6.07 Å². The van der Waals surface area contributed by atoms with Gasteiger partial charge in [-0.3, -0.25) is 0 Å². The van der Waals surface area contributed by atoms with Crippen LogP contribution in [0.4, 0.5) is 0 Å². The molecule has 0 saturated carbocycles. The number of hydrogen-bond acceptors (Lipinski definition) is 0. The molecule has 0 aliphatic heterocycles.